The van der Waals surface area contributed by atoms with E-state index in [4.69, 9.17) is 14.5 Å². The third-order valence-corrected chi connectivity index (χ3v) is 4.29. The molecule has 112 valence electrons. The second kappa shape index (κ2) is 5.53. The van der Waals surface area contributed by atoms with E-state index in [1.807, 2.05) is 18.2 Å². The van der Waals surface area contributed by atoms with Crippen LogP contribution in [0.3, 0.4) is 0 Å². The first kappa shape index (κ1) is 14.1. The molecule has 4 heteroatoms. The van der Waals surface area contributed by atoms with E-state index in [-0.39, 0.29) is 5.60 Å². The van der Waals surface area contributed by atoms with Crippen molar-refractivity contribution in [3.8, 4) is 5.75 Å². The molecule has 1 aromatic heterocycles. The first-order valence-corrected chi connectivity index (χ1v) is 7.47. The number of benzene rings is 1. The van der Waals surface area contributed by atoms with Gasteiger partial charge >= 0.3 is 0 Å². The summed E-state index contributed by atoms with van der Waals surface area (Å²) in [4.78, 5) is 7.11. The molecule has 3 rings (SSSR count). The maximum Gasteiger partial charge on any atom is 0.129 e. The lowest BCUT2D eigenvalue weighted by molar-refractivity contribution is -0.0443. The lowest BCUT2D eigenvalue weighted by atomic mass is 10.0. The first-order valence-electron chi connectivity index (χ1n) is 7.47. The molecule has 1 unspecified atom stereocenters. The van der Waals surface area contributed by atoms with Gasteiger partial charge in [-0.1, -0.05) is 6.92 Å². The second-order valence-electron chi connectivity index (χ2n) is 5.80. The van der Waals surface area contributed by atoms with Gasteiger partial charge in [-0.3, -0.25) is 0 Å². The highest BCUT2D eigenvalue weighted by Crippen LogP contribution is 2.27. The fourth-order valence-electron chi connectivity index (χ4n) is 2.74. The molecule has 0 saturated carbocycles. The molecular formula is C17H22N2O2. The fourth-order valence-corrected chi connectivity index (χ4v) is 2.74. The fraction of sp³-hybridized carbons (Fsp3) is 0.471. The molecule has 1 aliphatic rings. The van der Waals surface area contributed by atoms with Gasteiger partial charge in [-0.05, 0) is 43.7 Å². The maximum atomic E-state index is 5.90. The third kappa shape index (κ3) is 2.81. The summed E-state index contributed by atoms with van der Waals surface area (Å²) < 4.78 is 11.2. The number of anilines is 1. The molecule has 2 heterocycles. The van der Waals surface area contributed by atoms with Crippen LogP contribution < -0.4 is 9.64 Å². The summed E-state index contributed by atoms with van der Waals surface area (Å²) in [7, 11) is 1.68. The lowest BCUT2D eigenvalue weighted by Gasteiger charge is -2.40. The lowest BCUT2D eigenvalue weighted by Crippen LogP contribution is -2.50. The molecule has 0 radical (unpaired) electrons. The molecule has 1 fully saturated rings. The van der Waals surface area contributed by atoms with Crippen LogP contribution in [0.2, 0.25) is 0 Å². The Labute approximate surface area is 125 Å². The number of nitrogens with zero attached hydrogens (tertiary/aromatic N) is 2. The minimum absolute atomic E-state index is 0.0746. The van der Waals surface area contributed by atoms with Crippen molar-refractivity contribution in [2.75, 3.05) is 31.7 Å². The predicted molar refractivity (Wildman–Crippen MR) is 85.2 cm³/mol. The van der Waals surface area contributed by atoms with Gasteiger partial charge < -0.3 is 14.4 Å². The van der Waals surface area contributed by atoms with Crippen LogP contribution in [-0.2, 0) is 4.74 Å². The normalized spacial score (nSPS) is 22.5. The Hall–Kier alpha value is -1.81. The van der Waals surface area contributed by atoms with Gasteiger partial charge in [0.25, 0.3) is 0 Å². The van der Waals surface area contributed by atoms with E-state index in [0.717, 1.165) is 48.6 Å². The average molecular weight is 286 g/mol. The smallest absolute Gasteiger partial charge is 0.129 e. The van der Waals surface area contributed by atoms with Crippen LogP contribution in [0.1, 0.15) is 20.3 Å². The van der Waals surface area contributed by atoms with Gasteiger partial charge in [0.05, 0.1) is 24.8 Å². The van der Waals surface area contributed by atoms with Crippen LogP contribution in [0.4, 0.5) is 5.82 Å². The maximum absolute atomic E-state index is 5.90. The van der Waals surface area contributed by atoms with Gasteiger partial charge in [0.2, 0.25) is 0 Å². The monoisotopic (exact) mass is 286 g/mol. The Bertz CT molecular complexity index is 644. The summed E-state index contributed by atoms with van der Waals surface area (Å²) in [6.07, 6.45) is 1.01. The van der Waals surface area contributed by atoms with Gasteiger partial charge in [0.15, 0.2) is 0 Å². The molecule has 4 nitrogen and oxygen atoms in total. The summed E-state index contributed by atoms with van der Waals surface area (Å²) in [6, 6.07) is 10.2. The molecule has 1 saturated heterocycles. The molecule has 1 aromatic carbocycles. The number of fused-ring (bicyclic) bond motifs is 1. The number of ether oxygens (including phenoxy) is 2. The molecule has 1 atom stereocenters. The Morgan fingerprint density at radius 2 is 2.19 bits per heavy atom. The summed E-state index contributed by atoms with van der Waals surface area (Å²) in [5, 5.41) is 1.10. The Kier molecular flexibility index (Phi) is 3.72. The standard InChI is InChI=1S/C17H22N2O2/c1-4-17(2)12-19(9-10-21-17)16-8-5-13-11-14(20-3)6-7-15(13)18-16/h5-8,11H,4,9-10,12H2,1-3H3. The minimum Gasteiger partial charge on any atom is -0.497 e. The Morgan fingerprint density at radius 1 is 1.33 bits per heavy atom. The van der Waals surface area contributed by atoms with E-state index in [9.17, 15) is 0 Å². The number of methoxy groups -OCH3 is 1. The van der Waals surface area contributed by atoms with Gasteiger partial charge in [0, 0.05) is 18.5 Å². The largest absolute Gasteiger partial charge is 0.497 e. The molecule has 2 aromatic rings. The minimum atomic E-state index is -0.0746. The van der Waals surface area contributed by atoms with Crippen molar-refractivity contribution >= 4 is 16.7 Å². The number of aromatic nitrogens is 1. The van der Waals surface area contributed by atoms with Crippen LogP contribution >= 0.6 is 0 Å². The van der Waals surface area contributed by atoms with Crippen molar-refractivity contribution < 1.29 is 9.47 Å². The van der Waals surface area contributed by atoms with Crippen molar-refractivity contribution in [1.29, 1.82) is 0 Å². The molecule has 1 aliphatic heterocycles. The van der Waals surface area contributed by atoms with E-state index in [1.54, 1.807) is 7.11 Å². The zero-order chi connectivity index (χ0) is 14.9. The van der Waals surface area contributed by atoms with Gasteiger partial charge in [-0.25, -0.2) is 4.98 Å². The number of pyridine rings is 1. The van der Waals surface area contributed by atoms with Gasteiger partial charge in [0.1, 0.15) is 11.6 Å². The van der Waals surface area contributed by atoms with Crippen molar-refractivity contribution in [2.24, 2.45) is 0 Å². The van der Waals surface area contributed by atoms with Crippen LogP contribution in [-0.4, -0.2) is 37.4 Å². The molecule has 0 spiro atoms. The second-order valence-corrected chi connectivity index (χ2v) is 5.80. The van der Waals surface area contributed by atoms with Crippen LogP contribution in [0.5, 0.6) is 5.75 Å². The Balaban J connectivity index is 1.90. The molecule has 0 amide bonds. The van der Waals surface area contributed by atoms with Crippen molar-refractivity contribution in [1.82, 2.24) is 4.98 Å². The number of hydrogen-bond donors (Lipinski definition) is 0. The summed E-state index contributed by atoms with van der Waals surface area (Å²) >= 11 is 0. The highest BCUT2D eigenvalue weighted by molar-refractivity contribution is 5.81. The summed E-state index contributed by atoms with van der Waals surface area (Å²) in [5.74, 6) is 1.89. The van der Waals surface area contributed by atoms with E-state index >= 15 is 0 Å². The van der Waals surface area contributed by atoms with Crippen molar-refractivity contribution in [3.05, 3.63) is 30.3 Å². The number of morpholine rings is 1. The zero-order valence-corrected chi connectivity index (χ0v) is 12.9. The van der Waals surface area contributed by atoms with Crippen molar-refractivity contribution in [2.45, 2.75) is 25.9 Å². The molecule has 0 N–H and O–H groups in total. The zero-order valence-electron chi connectivity index (χ0n) is 12.9. The highest BCUT2D eigenvalue weighted by atomic mass is 16.5. The SMILES string of the molecule is CCC1(C)CN(c2ccc3cc(OC)ccc3n2)CCO1. The third-order valence-electron chi connectivity index (χ3n) is 4.29. The van der Waals surface area contributed by atoms with Gasteiger partial charge in [-0.2, -0.15) is 0 Å². The topological polar surface area (TPSA) is 34.6 Å². The molecular weight excluding hydrogens is 264 g/mol. The first-order chi connectivity index (χ1) is 10.1. The van der Waals surface area contributed by atoms with Crippen molar-refractivity contribution in [3.63, 3.8) is 0 Å². The van der Waals surface area contributed by atoms with Crippen LogP contribution in [0, 0.1) is 0 Å². The molecule has 0 aliphatic carbocycles. The van der Waals surface area contributed by atoms with E-state index in [2.05, 4.69) is 30.9 Å². The average Bonchev–Trinajstić information content (AvgIpc) is 2.54. The Morgan fingerprint density at radius 3 is 2.95 bits per heavy atom. The van der Waals surface area contributed by atoms with E-state index in [1.165, 1.54) is 0 Å². The highest BCUT2D eigenvalue weighted by Gasteiger charge is 2.30. The predicted octanol–water partition coefficient (Wildman–Crippen LogP) is 3.25. The van der Waals surface area contributed by atoms with E-state index in [0.29, 0.717) is 0 Å². The quantitative estimate of drug-likeness (QED) is 0.867. The number of rotatable bonds is 3. The van der Waals surface area contributed by atoms with Crippen LogP contribution in [0.25, 0.3) is 10.9 Å². The molecule has 21 heavy (non-hydrogen) atoms. The van der Waals surface area contributed by atoms with Gasteiger partial charge in [-0.15, -0.1) is 0 Å². The summed E-state index contributed by atoms with van der Waals surface area (Å²) in [6.45, 7) is 6.88. The summed E-state index contributed by atoms with van der Waals surface area (Å²) in [5.41, 5.74) is 0.924. The van der Waals surface area contributed by atoms with E-state index < -0.39 is 0 Å². The number of hydrogen-bond acceptors (Lipinski definition) is 4. The molecule has 0 bridgehead atoms. The van der Waals surface area contributed by atoms with Crippen LogP contribution in [0.15, 0.2) is 30.3 Å².